The highest BCUT2D eigenvalue weighted by molar-refractivity contribution is 7.91. The topological polar surface area (TPSA) is 85.6 Å². The highest BCUT2D eigenvalue weighted by Gasteiger charge is 2.24. The molecular formula is C13H21NO5S. The SMILES string of the molecule is CNCc1ccc(CS(=O)(=O)CC(=O)OC(C)(C)C)o1. The van der Waals surface area contributed by atoms with Crippen molar-refractivity contribution in [3.63, 3.8) is 0 Å². The van der Waals surface area contributed by atoms with Gasteiger partial charge in [0, 0.05) is 0 Å². The van der Waals surface area contributed by atoms with Crippen LogP contribution in [0.1, 0.15) is 32.3 Å². The molecule has 114 valence electrons. The van der Waals surface area contributed by atoms with Gasteiger partial charge in [-0.05, 0) is 40.0 Å². The van der Waals surface area contributed by atoms with Crippen molar-refractivity contribution in [3.8, 4) is 0 Å². The summed E-state index contributed by atoms with van der Waals surface area (Å²) < 4.78 is 34.1. The lowest BCUT2D eigenvalue weighted by Crippen LogP contribution is -2.28. The van der Waals surface area contributed by atoms with E-state index in [0.29, 0.717) is 18.1 Å². The van der Waals surface area contributed by atoms with E-state index < -0.39 is 27.2 Å². The maximum absolute atomic E-state index is 11.9. The fraction of sp³-hybridized carbons (Fsp3) is 0.615. The average molecular weight is 303 g/mol. The van der Waals surface area contributed by atoms with Gasteiger partial charge in [0.05, 0.1) is 6.54 Å². The van der Waals surface area contributed by atoms with Crippen molar-refractivity contribution in [2.45, 2.75) is 38.7 Å². The molecule has 20 heavy (non-hydrogen) atoms. The molecule has 0 unspecified atom stereocenters. The first-order valence-electron chi connectivity index (χ1n) is 6.26. The Kier molecular flexibility index (Phi) is 5.35. The van der Waals surface area contributed by atoms with Crippen LogP contribution in [-0.2, 0) is 31.7 Å². The van der Waals surface area contributed by atoms with Crippen molar-refractivity contribution in [2.24, 2.45) is 0 Å². The quantitative estimate of drug-likeness (QED) is 0.796. The Hall–Kier alpha value is -1.34. The molecule has 1 N–H and O–H groups in total. The first-order valence-corrected chi connectivity index (χ1v) is 8.08. The Morgan fingerprint density at radius 1 is 1.30 bits per heavy atom. The van der Waals surface area contributed by atoms with E-state index in [1.807, 2.05) is 0 Å². The van der Waals surface area contributed by atoms with E-state index in [1.165, 1.54) is 0 Å². The predicted molar refractivity (Wildman–Crippen MR) is 74.8 cm³/mol. The van der Waals surface area contributed by atoms with Crippen LogP contribution in [0.2, 0.25) is 0 Å². The summed E-state index contributed by atoms with van der Waals surface area (Å²) in [5.74, 6) is -0.740. The van der Waals surface area contributed by atoms with E-state index in [2.05, 4.69) is 5.32 Å². The van der Waals surface area contributed by atoms with Crippen LogP contribution in [-0.4, -0.2) is 32.8 Å². The first-order chi connectivity index (χ1) is 9.11. The van der Waals surface area contributed by atoms with Gasteiger partial charge in [0.1, 0.15) is 28.6 Å². The molecule has 0 atom stereocenters. The van der Waals surface area contributed by atoms with E-state index >= 15 is 0 Å². The molecule has 0 aromatic carbocycles. The van der Waals surface area contributed by atoms with Crippen LogP contribution in [0.4, 0.5) is 0 Å². The summed E-state index contributed by atoms with van der Waals surface area (Å²) in [5, 5.41) is 2.90. The zero-order valence-corrected chi connectivity index (χ0v) is 13.0. The molecular weight excluding hydrogens is 282 g/mol. The van der Waals surface area contributed by atoms with Crippen LogP contribution in [0.15, 0.2) is 16.5 Å². The molecule has 6 nitrogen and oxygen atoms in total. The van der Waals surface area contributed by atoms with E-state index in [9.17, 15) is 13.2 Å². The summed E-state index contributed by atoms with van der Waals surface area (Å²) in [6.45, 7) is 5.59. The molecule has 0 aliphatic carbocycles. The monoisotopic (exact) mass is 303 g/mol. The van der Waals surface area contributed by atoms with Crippen LogP contribution in [0.25, 0.3) is 0 Å². The molecule has 0 aliphatic rings. The first kappa shape index (κ1) is 16.7. The zero-order chi connectivity index (χ0) is 15.4. The van der Waals surface area contributed by atoms with Gasteiger partial charge in [0.2, 0.25) is 0 Å². The van der Waals surface area contributed by atoms with Crippen molar-refractivity contribution in [1.29, 1.82) is 0 Å². The van der Waals surface area contributed by atoms with E-state index in [0.717, 1.165) is 0 Å². The number of hydrogen-bond donors (Lipinski definition) is 1. The molecule has 0 radical (unpaired) electrons. The Balaban J connectivity index is 2.62. The summed E-state index contributed by atoms with van der Waals surface area (Å²) in [5.41, 5.74) is -0.697. The van der Waals surface area contributed by atoms with Crippen LogP contribution < -0.4 is 5.32 Å². The molecule has 0 saturated carbocycles. The molecule has 1 aromatic heterocycles. The minimum atomic E-state index is -3.60. The maximum Gasteiger partial charge on any atom is 0.321 e. The van der Waals surface area contributed by atoms with Crippen LogP contribution in [0, 0.1) is 0 Å². The third-order valence-electron chi connectivity index (χ3n) is 2.19. The normalized spacial score (nSPS) is 12.4. The molecule has 0 saturated heterocycles. The van der Waals surface area contributed by atoms with Crippen molar-refractivity contribution in [1.82, 2.24) is 5.32 Å². The predicted octanol–water partition coefficient (Wildman–Crippen LogP) is 1.26. The minimum Gasteiger partial charge on any atom is -0.464 e. The van der Waals surface area contributed by atoms with Gasteiger partial charge >= 0.3 is 5.97 Å². The largest absolute Gasteiger partial charge is 0.464 e. The van der Waals surface area contributed by atoms with Crippen LogP contribution >= 0.6 is 0 Å². The van der Waals surface area contributed by atoms with Crippen LogP contribution in [0.5, 0.6) is 0 Å². The molecule has 1 heterocycles. The van der Waals surface area contributed by atoms with Crippen molar-refractivity contribution in [3.05, 3.63) is 23.7 Å². The van der Waals surface area contributed by atoms with E-state index in [-0.39, 0.29) is 5.75 Å². The number of rotatable bonds is 6. The maximum atomic E-state index is 11.9. The van der Waals surface area contributed by atoms with Gasteiger partial charge in [-0.15, -0.1) is 0 Å². The number of sulfone groups is 1. The molecule has 1 rings (SSSR count). The standard InChI is InChI=1S/C13H21NO5S/c1-13(2,3)19-12(15)9-20(16,17)8-11-6-5-10(18-11)7-14-4/h5-6,14H,7-9H2,1-4H3. The lowest BCUT2D eigenvalue weighted by molar-refractivity contribution is -0.151. The van der Waals surface area contributed by atoms with Gasteiger partial charge in [0.15, 0.2) is 9.84 Å². The zero-order valence-electron chi connectivity index (χ0n) is 12.2. The second-order valence-electron chi connectivity index (χ2n) is 5.52. The number of hydrogen-bond acceptors (Lipinski definition) is 6. The minimum absolute atomic E-state index is 0.310. The molecule has 1 aromatic rings. The molecule has 0 spiro atoms. The Morgan fingerprint density at radius 3 is 2.45 bits per heavy atom. The number of ether oxygens (including phenoxy) is 1. The summed E-state index contributed by atoms with van der Waals surface area (Å²) in [4.78, 5) is 11.5. The van der Waals surface area contributed by atoms with Gasteiger partial charge in [-0.2, -0.15) is 0 Å². The highest BCUT2D eigenvalue weighted by atomic mass is 32.2. The number of furan rings is 1. The van der Waals surface area contributed by atoms with Gasteiger partial charge in [-0.3, -0.25) is 4.79 Å². The van der Waals surface area contributed by atoms with Crippen molar-refractivity contribution in [2.75, 3.05) is 12.8 Å². The molecule has 0 bridgehead atoms. The average Bonchev–Trinajstić information content (AvgIpc) is 2.60. The molecule has 0 fully saturated rings. The van der Waals surface area contributed by atoms with Crippen molar-refractivity contribution >= 4 is 15.8 Å². The van der Waals surface area contributed by atoms with Crippen LogP contribution in [0.3, 0.4) is 0 Å². The smallest absolute Gasteiger partial charge is 0.321 e. The fourth-order valence-corrected chi connectivity index (χ4v) is 2.70. The van der Waals surface area contributed by atoms with E-state index in [4.69, 9.17) is 9.15 Å². The van der Waals surface area contributed by atoms with Gasteiger partial charge in [-0.25, -0.2) is 8.42 Å². The molecule has 7 heteroatoms. The van der Waals surface area contributed by atoms with E-state index in [1.54, 1.807) is 40.0 Å². The Morgan fingerprint density at radius 2 is 1.90 bits per heavy atom. The summed E-state index contributed by atoms with van der Waals surface area (Å²) in [7, 11) is -1.83. The highest BCUT2D eigenvalue weighted by Crippen LogP contribution is 2.13. The molecule has 0 aliphatic heterocycles. The Labute approximate surface area is 119 Å². The van der Waals surface area contributed by atoms with Gasteiger partial charge in [0.25, 0.3) is 0 Å². The second-order valence-corrected chi connectivity index (χ2v) is 7.58. The van der Waals surface area contributed by atoms with Crippen molar-refractivity contribution < 1.29 is 22.4 Å². The lowest BCUT2D eigenvalue weighted by Gasteiger charge is -2.19. The Bertz CT molecular complexity index is 554. The van der Waals surface area contributed by atoms with Gasteiger partial charge < -0.3 is 14.5 Å². The number of carbonyl (C=O) groups is 1. The number of esters is 1. The summed E-state index contributed by atoms with van der Waals surface area (Å²) in [6.07, 6.45) is 0. The lowest BCUT2D eigenvalue weighted by atomic mass is 10.2. The third kappa shape index (κ3) is 6.21. The third-order valence-corrected chi connectivity index (χ3v) is 3.59. The number of carbonyl (C=O) groups excluding carboxylic acids is 1. The molecule has 0 amide bonds. The number of nitrogens with one attached hydrogen (secondary N) is 1. The van der Waals surface area contributed by atoms with Gasteiger partial charge in [-0.1, -0.05) is 0 Å². The summed E-state index contributed by atoms with van der Waals surface area (Å²) >= 11 is 0. The second kappa shape index (κ2) is 6.41. The summed E-state index contributed by atoms with van der Waals surface area (Å²) in [6, 6.07) is 3.30. The fourth-order valence-electron chi connectivity index (χ4n) is 1.59.